The number of nitrogens with zero attached hydrogens (tertiary/aromatic N) is 2. The summed E-state index contributed by atoms with van der Waals surface area (Å²) in [4.78, 5) is 14.6. The fraction of sp³-hybridized carbons (Fsp3) is 0.143. The Bertz CT molecular complexity index is 612. The van der Waals surface area contributed by atoms with Crippen molar-refractivity contribution in [3.05, 3.63) is 53.6 Å². The lowest BCUT2D eigenvalue weighted by molar-refractivity contribution is -0.131. The molecule has 0 atom stereocenters. The van der Waals surface area contributed by atoms with Crippen LogP contribution in [-0.2, 0) is 4.79 Å². The summed E-state index contributed by atoms with van der Waals surface area (Å²) in [6, 6.07) is 5.81. The van der Waals surface area contributed by atoms with E-state index in [4.69, 9.17) is 5.11 Å². The van der Waals surface area contributed by atoms with E-state index in [1.54, 1.807) is 12.3 Å². The molecule has 0 radical (unpaired) electrons. The lowest BCUT2D eigenvalue weighted by atomic mass is 10.1. The Morgan fingerprint density at radius 3 is 2.72 bits per heavy atom. The van der Waals surface area contributed by atoms with Crippen LogP contribution in [0.2, 0.25) is 0 Å². The molecule has 0 amide bonds. The summed E-state index contributed by atoms with van der Waals surface area (Å²) < 4.78 is 2.00. The van der Waals surface area contributed by atoms with Crippen LogP contribution >= 0.6 is 0 Å². The van der Waals surface area contributed by atoms with Crippen molar-refractivity contribution in [2.45, 2.75) is 13.8 Å². The summed E-state index contributed by atoms with van der Waals surface area (Å²) in [5.41, 5.74) is 3.00. The zero-order valence-electron chi connectivity index (χ0n) is 10.3. The molecular formula is C14H14N2O2. The first-order valence-electron chi connectivity index (χ1n) is 5.60. The monoisotopic (exact) mass is 242 g/mol. The maximum absolute atomic E-state index is 10.5. The van der Waals surface area contributed by atoms with Gasteiger partial charge in [-0.05, 0) is 43.2 Å². The number of aryl methyl sites for hydroxylation is 2. The molecule has 18 heavy (non-hydrogen) atoms. The van der Waals surface area contributed by atoms with Crippen LogP contribution in [0, 0.1) is 13.8 Å². The van der Waals surface area contributed by atoms with E-state index in [1.165, 1.54) is 0 Å². The van der Waals surface area contributed by atoms with Gasteiger partial charge in [-0.15, -0.1) is 0 Å². The number of rotatable bonds is 3. The molecule has 1 aromatic carbocycles. The topological polar surface area (TPSA) is 55.1 Å². The first kappa shape index (κ1) is 12.1. The molecule has 4 nitrogen and oxygen atoms in total. The van der Waals surface area contributed by atoms with Crippen LogP contribution in [0.1, 0.15) is 17.0 Å². The minimum Gasteiger partial charge on any atom is -0.478 e. The van der Waals surface area contributed by atoms with Gasteiger partial charge >= 0.3 is 5.97 Å². The fourth-order valence-corrected chi connectivity index (χ4v) is 1.85. The number of aliphatic carboxylic acids is 1. The molecule has 0 bridgehead atoms. The van der Waals surface area contributed by atoms with E-state index in [0.717, 1.165) is 28.7 Å². The zero-order chi connectivity index (χ0) is 13.1. The van der Waals surface area contributed by atoms with Gasteiger partial charge in [0.15, 0.2) is 0 Å². The van der Waals surface area contributed by atoms with E-state index >= 15 is 0 Å². The molecule has 1 aromatic heterocycles. The molecule has 1 N–H and O–H groups in total. The summed E-state index contributed by atoms with van der Waals surface area (Å²) in [5.74, 6) is -0.0193. The van der Waals surface area contributed by atoms with Crippen LogP contribution in [0.15, 0.2) is 36.7 Å². The van der Waals surface area contributed by atoms with Crippen molar-refractivity contribution >= 4 is 12.0 Å². The number of carbonyl (C=O) groups is 1. The van der Waals surface area contributed by atoms with Crippen LogP contribution in [-0.4, -0.2) is 20.6 Å². The van der Waals surface area contributed by atoms with Crippen molar-refractivity contribution in [2.75, 3.05) is 0 Å². The average molecular weight is 242 g/mol. The van der Waals surface area contributed by atoms with Crippen molar-refractivity contribution in [3.63, 3.8) is 0 Å². The number of carboxylic acids is 1. The molecule has 0 saturated heterocycles. The molecular weight excluding hydrogens is 228 g/mol. The summed E-state index contributed by atoms with van der Waals surface area (Å²) in [7, 11) is 0. The lowest BCUT2D eigenvalue weighted by Crippen LogP contribution is -1.98. The van der Waals surface area contributed by atoms with Crippen molar-refractivity contribution < 1.29 is 9.90 Å². The molecule has 2 aromatic rings. The van der Waals surface area contributed by atoms with Crippen LogP contribution < -0.4 is 0 Å². The second-order valence-corrected chi connectivity index (χ2v) is 4.06. The molecule has 92 valence electrons. The summed E-state index contributed by atoms with van der Waals surface area (Å²) in [5, 5.41) is 8.59. The van der Waals surface area contributed by atoms with Gasteiger partial charge in [0.05, 0.1) is 0 Å². The van der Waals surface area contributed by atoms with Gasteiger partial charge in [-0.3, -0.25) is 0 Å². The highest BCUT2D eigenvalue weighted by Crippen LogP contribution is 2.18. The number of aromatic nitrogens is 2. The number of carboxylic acid groups (broad SMARTS) is 1. The molecule has 0 aliphatic carbocycles. The minimum atomic E-state index is -0.942. The number of hydrogen-bond acceptors (Lipinski definition) is 2. The predicted octanol–water partition coefficient (Wildman–Crippen LogP) is 2.59. The van der Waals surface area contributed by atoms with Gasteiger partial charge < -0.3 is 9.67 Å². The number of hydrogen-bond donors (Lipinski definition) is 1. The molecule has 0 aliphatic heterocycles. The van der Waals surface area contributed by atoms with Crippen LogP contribution in [0.5, 0.6) is 0 Å². The highest BCUT2D eigenvalue weighted by molar-refractivity contribution is 5.85. The quantitative estimate of drug-likeness (QED) is 0.842. The van der Waals surface area contributed by atoms with Gasteiger partial charge in [0.25, 0.3) is 0 Å². The van der Waals surface area contributed by atoms with E-state index < -0.39 is 5.97 Å². The first-order valence-corrected chi connectivity index (χ1v) is 5.60. The largest absolute Gasteiger partial charge is 0.478 e. The normalized spacial score (nSPS) is 11.0. The van der Waals surface area contributed by atoms with Gasteiger partial charge in [0.1, 0.15) is 5.82 Å². The highest BCUT2D eigenvalue weighted by Gasteiger charge is 2.04. The third kappa shape index (κ3) is 2.48. The van der Waals surface area contributed by atoms with E-state index in [1.807, 2.05) is 42.8 Å². The predicted molar refractivity (Wildman–Crippen MR) is 69.7 cm³/mol. The Morgan fingerprint density at radius 2 is 2.17 bits per heavy atom. The van der Waals surface area contributed by atoms with Gasteiger partial charge in [-0.1, -0.05) is 6.07 Å². The number of benzene rings is 1. The summed E-state index contributed by atoms with van der Waals surface area (Å²) in [6.45, 7) is 3.94. The molecule has 0 aliphatic rings. The Hall–Kier alpha value is -2.36. The molecule has 2 rings (SSSR count). The third-order valence-electron chi connectivity index (χ3n) is 2.72. The molecule has 0 spiro atoms. The van der Waals surface area contributed by atoms with Crippen LogP contribution in [0.4, 0.5) is 0 Å². The van der Waals surface area contributed by atoms with Gasteiger partial charge in [0.2, 0.25) is 0 Å². The van der Waals surface area contributed by atoms with Crippen molar-refractivity contribution in [3.8, 4) is 5.69 Å². The SMILES string of the molecule is Cc1cc(/C=C/C(=O)O)ccc1-n1ccnc1C. The second kappa shape index (κ2) is 4.87. The van der Waals surface area contributed by atoms with E-state index in [0.29, 0.717) is 0 Å². The lowest BCUT2D eigenvalue weighted by Gasteiger charge is -2.09. The average Bonchev–Trinajstić information content (AvgIpc) is 2.73. The Morgan fingerprint density at radius 1 is 1.39 bits per heavy atom. The van der Waals surface area contributed by atoms with E-state index in [-0.39, 0.29) is 0 Å². The van der Waals surface area contributed by atoms with Gasteiger partial charge in [-0.2, -0.15) is 0 Å². The highest BCUT2D eigenvalue weighted by atomic mass is 16.4. The first-order chi connectivity index (χ1) is 8.58. The maximum Gasteiger partial charge on any atom is 0.328 e. The van der Waals surface area contributed by atoms with Crippen molar-refractivity contribution in [2.24, 2.45) is 0 Å². The maximum atomic E-state index is 10.5. The summed E-state index contributed by atoms with van der Waals surface area (Å²) in [6.07, 6.45) is 6.38. The standard InChI is InChI=1S/C14H14N2O2/c1-10-9-12(4-6-14(17)18)3-5-13(10)16-8-7-15-11(16)2/h3-9H,1-2H3,(H,17,18)/b6-4+. The third-order valence-corrected chi connectivity index (χ3v) is 2.72. The van der Waals surface area contributed by atoms with Gasteiger partial charge in [-0.25, -0.2) is 9.78 Å². The molecule has 0 unspecified atom stereocenters. The van der Waals surface area contributed by atoms with Crippen LogP contribution in [0.3, 0.4) is 0 Å². The summed E-state index contributed by atoms with van der Waals surface area (Å²) >= 11 is 0. The fourth-order valence-electron chi connectivity index (χ4n) is 1.85. The second-order valence-electron chi connectivity index (χ2n) is 4.06. The molecule has 4 heteroatoms. The molecule has 0 saturated carbocycles. The Balaban J connectivity index is 2.37. The van der Waals surface area contributed by atoms with Crippen molar-refractivity contribution in [1.82, 2.24) is 9.55 Å². The smallest absolute Gasteiger partial charge is 0.328 e. The molecule has 0 fully saturated rings. The number of imidazole rings is 1. The Labute approximate surface area is 105 Å². The zero-order valence-corrected chi connectivity index (χ0v) is 10.3. The Kier molecular flexibility index (Phi) is 3.28. The van der Waals surface area contributed by atoms with E-state index in [2.05, 4.69) is 4.98 Å². The van der Waals surface area contributed by atoms with Crippen molar-refractivity contribution in [1.29, 1.82) is 0 Å². The molecule has 1 heterocycles. The van der Waals surface area contributed by atoms with Gasteiger partial charge in [0, 0.05) is 24.2 Å². The minimum absolute atomic E-state index is 0.872. The van der Waals surface area contributed by atoms with E-state index in [9.17, 15) is 4.79 Å². The van der Waals surface area contributed by atoms with Crippen LogP contribution in [0.25, 0.3) is 11.8 Å².